The third-order valence-corrected chi connectivity index (χ3v) is 11.7. The predicted octanol–water partition coefficient (Wildman–Crippen LogP) is 5.90. The lowest BCUT2D eigenvalue weighted by atomic mass is 9.70. The Kier molecular flexibility index (Phi) is 15.1. The summed E-state index contributed by atoms with van der Waals surface area (Å²) in [5, 5.41) is 12.3. The minimum atomic E-state index is -1.27. The number of aliphatic hydroxyl groups is 1. The molecule has 0 aliphatic carbocycles. The number of carbonyl (C=O) groups is 4. The number of hydrogen-bond acceptors (Lipinski definition) is 8. The molecule has 0 aromatic heterocycles. The first kappa shape index (κ1) is 43.7. The normalized spacial score (nSPS) is 25.9. The number of carbonyl (C=O) groups excluding carboxylic acids is 4. The van der Waals surface area contributed by atoms with Crippen LogP contribution in [0.4, 0.5) is 0 Å². The van der Waals surface area contributed by atoms with Gasteiger partial charge < -0.3 is 34.4 Å². The van der Waals surface area contributed by atoms with Crippen LogP contribution in [0.3, 0.4) is 0 Å². The van der Waals surface area contributed by atoms with E-state index in [0.717, 1.165) is 12.8 Å². The number of alkyl halides is 1. The third-order valence-electron chi connectivity index (χ3n) is 10.9. The minimum Gasteiger partial charge on any atom is -0.455 e. The molecule has 11 nitrogen and oxygen atoms in total. The van der Waals surface area contributed by atoms with Crippen molar-refractivity contribution < 1.29 is 38.5 Å². The van der Waals surface area contributed by atoms with Crippen molar-refractivity contribution in [1.82, 2.24) is 15.1 Å². The number of esters is 1. The number of amides is 3. The van der Waals surface area contributed by atoms with Crippen molar-refractivity contribution in [3.8, 4) is 0 Å². The Morgan fingerprint density at radius 2 is 1.80 bits per heavy atom. The molecule has 3 saturated heterocycles. The number of nitrogens with one attached hydrogen (secondary N) is 1. The van der Waals surface area contributed by atoms with Crippen LogP contribution in [0.25, 0.3) is 0 Å². The standard InChI is InChI=1S/C42H62BrN3O8/c1-9-11-21-31(48)44-30(26-52-8)34(28-19-15-14-16-20-28)53-39(51)32-33-37(49)45(23-17-12-13-18-24-47)36(42(33)25-29(43)35(32)54-42)38(50)46(22-10-2)41(6,7)27-40(3,4)5/h9-10,14-16,19-20,29-30,32-36,47H,1-2,11-13,17-18,21-27H2,3-8H3,(H,44,48)/t29?,30-,32+,33-,34-,35+,36+,42-/m1/s1. The van der Waals surface area contributed by atoms with Gasteiger partial charge in [-0.25, -0.2) is 0 Å². The highest BCUT2D eigenvalue weighted by Crippen LogP contribution is 2.61. The summed E-state index contributed by atoms with van der Waals surface area (Å²) in [4.78, 5) is 60.8. The molecule has 0 radical (unpaired) electrons. The molecule has 54 heavy (non-hydrogen) atoms. The highest BCUT2D eigenvalue weighted by molar-refractivity contribution is 9.09. The van der Waals surface area contributed by atoms with Crippen molar-refractivity contribution in [2.24, 2.45) is 17.3 Å². The summed E-state index contributed by atoms with van der Waals surface area (Å²) in [6.07, 6.45) is 6.32. The number of rotatable bonds is 21. The van der Waals surface area contributed by atoms with Crippen molar-refractivity contribution in [1.29, 1.82) is 0 Å². The van der Waals surface area contributed by atoms with Crippen LogP contribution in [0.1, 0.15) is 97.7 Å². The van der Waals surface area contributed by atoms with Crippen LogP contribution in [0.2, 0.25) is 0 Å². The molecule has 12 heteroatoms. The summed E-state index contributed by atoms with van der Waals surface area (Å²) in [5.74, 6) is -3.36. The van der Waals surface area contributed by atoms with Crippen LogP contribution in [0, 0.1) is 17.3 Å². The fraction of sp³-hybridized carbons (Fsp3) is 0.667. The lowest BCUT2D eigenvalue weighted by Crippen LogP contribution is -2.61. The Hall–Kier alpha value is -3.06. The molecule has 3 heterocycles. The summed E-state index contributed by atoms with van der Waals surface area (Å²) in [7, 11) is 1.51. The molecule has 3 fully saturated rings. The molecule has 3 aliphatic rings. The van der Waals surface area contributed by atoms with Gasteiger partial charge in [0.05, 0.1) is 30.6 Å². The topological polar surface area (TPSA) is 135 Å². The number of halogens is 1. The average Bonchev–Trinajstić information content (AvgIpc) is 3.70. The molecule has 1 aromatic rings. The molecule has 2 bridgehead atoms. The molecule has 2 N–H and O–H groups in total. The molecule has 1 aromatic carbocycles. The number of benzene rings is 1. The number of allylic oxidation sites excluding steroid dienone is 1. The van der Waals surface area contributed by atoms with E-state index in [4.69, 9.17) is 14.2 Å². The van der Waals surface area contributed by atoms with E-state index < -0.39 is 53.2 Å². The van der Waals surface area contributed by atoms with Gasteiger partial charge in [0.15, 0.2) is 0 Å². The van der Waals surface area contributed by atoms with Crippen LogP contribution in [0.15, 0.2) is 55.6 Å². The second-order valence-electron chi connectivity index (χ2n) is 16.8. The maximum Gasteiger partial charge on any atom is 0.313 e. The van der Waals surface area contributed by atoms with Crippen LogP contribution >= 0.6 is 15.9 Å². The van der Waals surface area contributed by atoms with Crippen molar-refractivity contribution in [2.75, 3.05) is 33.4 Å². The lowest BCUT2D eigenvalue weighted by Gasteiger charge is -2.45. The quantitative estimate of drug-likeness (QED) is 0.0679. The number of hydrogen-bond donors (Lipinski definition) is 2. The number of likely N-dealkylation sites (tertiary alicyclic amines) is 1. The smallest absolute Gasteiger partial charge is 0.313 e. The Bertz CT molecular complexity index is 1480. The fourth-order valence-electron chi connectivity index (χ4n) is 9.10. The third kappa shape index (κ3) is 9.65. The maximum absolute atomic E-state index is 15.1. The molecule has 300 valence electrons. The van der Waals surface area contributed by atoms with Crippen LogP contribution in [-0.2, 0) is 33.4 Å². The second kappa shape index (κ2) is 18.7. The van der Waals surface area contributed by atoms with E-state index in [9.17, 15) is 19.5 Å². The van der Waals surface area contributed by atoms with Crippen molar-refractivity contribution in [2.45, 2.75) is 126 Å². The monoisotopic (exact) mass is 815 g/mol. The zero-order chi connectivity index (χ0) is 39.8. The number of unbranched alkanes of at least 4 members (excludes halogenated alkanes) is 3. The van der Waals surface area contributed by atoms with E-state index in [1.165, 1.54) is 7.11 Å². The predicted molar refractivity (Wildman–Crippen MR) is 212 cm³/mol. The van der Waals surface area contributed by atoms with Gasteiger partial charge in [0, 0.05) is 43.6 Å². The fourth-order valence-corrected chi connectivity index (χ4v) is 10.0. The van der Waals surface area contributed by atoms with Gasteiger partial charge in [-0.2, -0.15) is 0 Å². The largest absolute Gasteiger partial charge is 0.455 e. The zero-order valence-corrected chi connectivity index (χ0v) is 34.6. The van der Waals surface area contributed by atoms with Gasteiger partial charge in [-0.05, 0) is 56.9 Å². The van der Waals surface area contributed by atoms with E-state index in [-0.39, 0.29) is 54.1 Å². The lowest BCUT2D eigenvalue weighted by molar-refractivity contribution is -0.163. The first-order valence-corrected chi connectivity index (χ1v) is 20.3. The van der Waals surface area contributed by atoms with Gasteiger partial charge in [0.2, 0.25) is 17.7 Å². The van der Waals surface area contributed by atoms with Gasteiger partial charge in [-0.1, -0.05) is 92.0 Å². The molecule has 4 rings (SSSR count). The second-order valence-corrected chi connectivity index (χ2v) is 18.0. The van der Waals surface area contributed by atoms with E-state index in [2.05, 4.69) is 55.2 Å². The van der Waals surface area contributed by atoms with E-state index in [0.29, 0.717) is 44.2 Å². The zero-order valence-electron chi connectivity index (χ0n) is 33.1. The minimum absolute atomic E-state index is 0.0642. The Morgan fingerprint density at radius 3 is 2.41 bits per heavy atom. The van der Waals surface area contributed by atoms with Crippen LogP contribution < -0.4 is 5.32 Å². The molecule has 1 spiro atoms. The van der Waals surface area contributed by atoms with Gasteiger partial charge >= 0.3 is 5.97 Å². The molecule has 0 saturated carbocycles. The molecular weight excluding hydrogens is 754 g/mol. The van der Waals surface area contributed by atoms with Crippen molar-refractivity contribution >= 4 is 39.6 Å². The number of nitrogens with zero attached hydrogens (tertiary/aromatic N) is 2. The molecule has 1 unspecified atom stereocenters. The van der Waals surface area contributed by atoms with Crippen molar-refractivity contribution in [3.05, 3.63) is 61.2 Å². The van der Waals surface area contributed by atoms with E-state index in [1.807, 2.05) is 49.1 Å². The first-order valence-electron chi connectivity index (χ1n) is 19.4. The average molecular weight is 817 g/mol. The Morgan fingerprint density at radius 1 is 1.11 bits per heavy atom. The van der Waals surface area contributed by atoms with Gasteiger partial charge in [0.1, 0.15) is 17.7 Å². The molecular formula is C42H62BrN3O8. The number of fused-ring (bicyclic) bond motifs is 1. The Labute approximate surface area is 330 Å². The summed E-state index contributed by atoms with van der Waals surface area (Å²) in [6.45, 7) is 18.9. The summed E-state index contributed by atoms with van der Waals surface area (Å²) < 4.78 is 18.7. The number of aliphatic hydroxyl groups excluding tert-OH is 1. The van der Waals surface area contributed by atoms with Gasteiger partial charge in [0.25, 0.3) is 0 Å². The SMILES string of the molecule is C=CCCC(=O)N[C@H](COC)[C@H](OC(=O)[C@@H]1[C@H]2O[C@@]3(CC2Br)[C@H](C(=O)N(CC=C)C(C)(C)CC(C)(C)C)N(CCCCCCO)C(=O)[C@@H]13)c1ccccc1. The number of ether oxygens (including phenoxy) is 3. The van der Waals surface area contributed by atoms with Crippen molar-refractivity contribution in [3.63, 3.8) is 0 Å². The van der Waals surface area contributed by atoms with E-state index in [1.54, 1.807) is 17.1 Å². The molecule has 3 amide bonds. The number of methoxy groups -OCH3 is 1. The highest BCUT2D eigenvalue weighted by Gasteiger charge is 2.77. The molecule has 8 atom stereocenters. The summed E-state index contributed by atoms with van der Waals surface area (Å²) >= 11 is 3.79. The summed E-state index contributed by atoms with van der Waals surface area (Å²) in [6, 6.07) is 7.46. The molecule has 3 aliphatic heterocycles. The first-order chi connectivity index (χ1) is 25.6. The Balaban J connectivity index is 1.75. The summed E-state index contributed by atoms with van der Waals surface area (Å²) in [5.41, 5.74) is -1.30. The van der Waals surface area contributed by atoms with Crippen LogP contribution in [-0.4, -0.2) is 106 Å². The highest BCUT2D eigenvalue weighted by atomic mass is 79.9. The van der Waals surface area contributed by atoms with Gasteiger partial charge in [-0.15, -0.1) is 13.2 Å². The van der Waals surface area contributed by atoms with Gasteiger partial charge in [-0.3, -0.25) is 19.2 Å². The van der Waals surface area contributed by atoms with Crippen LogP contribution in [0.5, 0.6) is 0 Å². The maximum atomic E-state index is 15.1. The van der Waals surface area contributed by atoms with E-state index >= 15 is 4.79 Å².